The van der Waals surface area contributed by atoms with E-state index in [-0.39, 0.29) is 12.4 Å². The first-order valence-corrected chi connectivity index (χ1v) is 7.68. The van der Waals surface area contributed by atoms with E-state index in [9.17, 15) is 13.2 Å². The van der Waals surface area contributed by atoms with Crippen LogP contribution in [0.5, 0.6) is 0 Å². The number of benzene rings is 1. The highest BCUT2D eigenvalue weighted by molar-refractivity contribution is 7.91. The van der Waals surface area contributed by atoms with Crippen molar-refractivity contribution in [3.8, 4) is 0 Å². The van der Waals surface area contributed by atoms with E-state index in [1.165, 1.54) is 4.90 Å². The van der Waals surface area contributed by atoms with Crippen LogP contribution in [0.4, 0.5) is 0 Å². The first-order chi connectivity index (χ1) is 8.42. The summed E-state index contributed by atoms with van der Waals surface area (Å²) < 4.78 is 22.2. The van der Waals surface area contributed by atoms with Crippen LogP contribution in [-0.2, 0) is 21.2 Å². The second-order valence-corrected chi connectivity index (χ2v) is 6.30. The predicted molar refractivity (Wildman–Crippen MR) is 77.9 cm³/mol. The number of sulfone groups is 1. The summed E-state index contributed by atoms with van der Waals surface area (Å²) >= 11 is 0. The highest BCUT2D eigenvalue weighted by Gasteiger charge is 2.18. The molecule has 5 nitrogen and oxygen atoms in total. The molecule has 0 bridgehead atoms. The van der Waals surface area contributed by atoms with Crippen LogP contribution in [0.1, 0.15) is 5.56 Å². The quantitative estimate of drug-likeness (QED) is 0.827. The Morgan fingerprint density at radius 1 is 1.26 bits per heavy atom. The van der Waals surface area contributed by atoms with Crippen molar-refractivity contribution in [3.63, 3.8) is 0 Å². The zero-order valence-electron chi connectivity index (χ0n) is 10.8. The molecule has 1 aromatic rings. The zero-order valence-corrected chi connectivity index (χ0v) is 12.4. The lowest BCUT2D eigenvalue weighted by Crippen LogP contribution is -2.38. The maximum Gasteiger partial charge on any atom is 0.238 e. The van der Waals surface area contributed by atoms with Crippen molar-refractivity contribution in [3.05, 3.63) is 35.9 Å². The second-order valence-electron chi connectivity index (χ2n) is 4.16. The lowest BCUT2D eigenvalue weighted by Gasteiger charge is -2.21. The molecule has 1 rings (SSSR count). The molecule has 0 unspecified atom stereocenters. The van der Waals surface area contributed by atoms with Crippen molar-refractivity contribution in [2.24, 2.45) is 5.73 Å². The molecule has 0 heterocycles. The van der Waals surface area contributed by atoms with Crippen molar-refractivity contribution in [1.29, 1.82) is 0 Å². The SMILES string of the molecule is CS(=O)(=O)CC(=O)N(CCN)Cc1ccccc1.Cl. The van der Waals surface area contributed by atoms with Crippen molar-refractivity contribution in [2.45, 2.75) is 6.54 Å². The molecule has 108 valence electrons. The monoisotopic (exact) mass is 306 g/mol. The van der Waals surface area contributed by atoms with E-state index < -0.39 is 21.5 Å². The van der Waals surface area contributed by atoms with Crippen LogP contribution in [-0.4, -0.2) is 44.3 Å². The van der Waals surface area contributed by atoms with Gasteiger partial charge in [-0.25, -0.2) is 8.42 Å². The van der Waals surface area contributed by atoms with Crippen LogP contribution in [0, 0.1) is 0 Å². The Hall–Kier alpha value is -1.11. The van der Waals surface area contributed by atoms with Crippen molar-refractivity contribution in [1.82, 2.24) is 4.90 Å². The van der Waals surface area contributed by atoms with Gasteiger partial charge in [-0.3, -0.25) is 4.79 Å². The normalized spacial score (nSPS) is 10.6. The van der Waals surface area contributed by atoms with E-state index in [4.69, 9.17) is 5.73 Å². The molecule has 0 saturated heterocycles. The number of halogens is 1. The molecule has 1 amide bonds. The lowest BCUT2D eigenvalue weighted by atomic mass is 10.2. The molecule has 0 atom stereocenters. The third kappa shape index (κ3) is 7.15. The van der Waals surface area contributed by atoms with E-state index in [1.807, 2.05) is 30.3 Å². The van der Waals surface area contributed by atoms with Gasteiger partial charge in [0, 0.05) is 25.9 Å². The van der Waals surface area contributed by atoms with Gasteiger partial charge in [0.15, 0.2) is 9.84 Å². The molecule has 0 aliphatic heterocycles. The number of carbonyl (C=O) groups excluding carboxylic acids is 1. The van der Waals surface area contributed by atoms with Crippen LogP contribution in [0.25, 0.3) is 0 Å². The molecular weight excluding hydrogens is 288 g/mol. The standard InChI is InChI=1S/C12H18N2O3S.ClH/c1-18(16,17)10-12(15)14(8-7-13)9-11-5-3-2-4-6-11;/h2-6H,7-10,13H2,1H3;1H. The summed E-state index contributed by atoms with van der Waals surface area (Å²) in [4.78, 5) is 13.3. The Morgan fingerprint density at radius 3 is 2.32 bits per heavy atom. The van der Waals surface area contributed by atoms with E-state index >= 15 is 0 Å². The molecule has 0 fully saturated rings. The molecule has 0 radical (unpaired) electrons. The molecule has 0 aliphatic rings. The number of nitrogens with two attached hydrogens (primary N) is 1. The molecule has 0 aromatic heterocycles. The maximum atomic E-state index is 11.8. The van der Waals surface area contributed by atoms with Crippen LogP contribution in [0.2, 0.25) is 0 Å². The minimum atomic E-state index is -3.31. The van der Waals surface area contributed by atoms with Gasteiger partial charge < -0.3 is 10.6 Å². The minimum absolute atomic E-state index is 0. The summed E-state index contributed by atoms with van der Waals surface area (Å²) in [6.45, 7) is 1.04. The van der Waals surface area contributed by atoms with Gasteiger partial charge in [-0.05, 0) is 5.56 Å². The molecule has 1 aromatic carbocycles. The Labute approximate surface area is 120 Å². The van der Waals surface area contributed by atoms with Crippen LogP contribution >= 0.6 is 12.4 Å². The Morgan fingerprint density at radius 2 is 1.84 bits per heavy atom. The zero-order chi connectivity index (χ0) is 13.6. The molecule has 19 heavy (non-hydrogen) atoms. The summed E-state index contributed by atoms with van der Waals surface area (Å²) in [6, 6.07) is 9.40. The Balaban J connectivity index is 0.00000324. The summed E-state index contributed by atoms with van der Waals surface area (Å²) in [5.41, 5.74) is 6.39. The average Bonchev–Trinajstić information content (AvgIpc) is 2.27. The van der Waals surface area contributed by atoms with E-state index in [2.05, 4.69) is 0 Å². The summed E-state index contributed by atoms with van der Waals surface area (Å²) in [5, 5.41) is 0. The van der Waals surface area contributed by atoms with Crippen LogP contribution in [0.3, 0.4) is 0 Å². The third-order valence-corrected chi connectivity index (χ3v) is 3.12. The van der Waals surface area contributed by atoms with Gasteiger partial charge in [-0.15, -0.1) is 12.4 Å². The molecule has 7 heteroatoms. The first kappa shape index (κ1) is 17.9. The molecule has 2 N–H and O–H groups in total. The van der Waals surface area contributed by atoms with Crippen LogP contribution < -0.4 is 5.73 Å². The van der Waals surface area contributed by atoms with E-state index in [1.54, 1.807) is 0 Å². The number of carbonyl (C=O) groups is 1. The number of amides is 1. The van der Waals surface area contributed by atoms with Gasteiger partial charge in [0.25, 0.3) is 0 Å². The number of hydrogen-bond acceptors (Lipinski definition) is 4. The smallest absolute Gasteiger partial charge is 0.238 e. The summed E-state index contributed by atoms with van der Waals surface area (Å²) in [6.07, 6.45) is 1.05. The van der Waals surface area contributed by atoms with Gasteiger partial charge in [0.05, 0.1) is 0 Å². The average molecular weight is 307 g/mol. The molecular formula is C12H19ClN2O3S. The minimum Gasteiger partial charge on any atom is -0.336 e. The van der Waals surface area contributed by atoms with Gasteiger partial charge in [0.2, 0.25) is 5.91 Å². The number of hydrogen-bond donors (Lipinski definition) is 1. The fourth-order valence-electron chi connectivity index (χ4n) is 1.57. The van der Waals surface area contributed by atoms with E-state index in [0.29, 0.717) is 19.6 Å². The van der Waals surface area contributed by atoms with Gasteiger partial charge in [0.1, 0.15) is 5.75 Å². The number of nitrogens with zero attached hydrogens (tertiary/aromatic N) is 1. The van der Waals surface area contributed by atoms with Crippen LogP contribution in [0.15, 0.2) is 30.3 Å². The fraction of sp³-hybridized carbons (Fsp3) is 0.417. The van der Waals surface area contributed by atoms with Gasteiger partial charge >= 0.3 is 0 Å². The van der Waals surface area contributed by atoms with E-state index in [0.717, 1.165) is 11.8 Å². The van der Waals surface area contributed by atoms with Gasteiger partial charge in [-0.1, -0.05) is 30.3 Å². The van der Waals surface area contributed by atoms with Crippen molar-refractivity contribution < 1.29 is 13.2 Å². The Bertz CT molecular complexity index is 491. The second kappa shape index (κ2) is 8.14. The lowest BCUT2D eigenvalue weighted by molar-refractivity contribution is -0.128. The Kier molecular flexibility index (Phi) is 7.66. The predicted octanol–water partition coefficient (Wildman–Crippen LogP) is 0.440. The maximum absolute atomic E-state index is 11.8. The summed E-state index contributed by atoms with van der Waals surface area (Å²) in [5.74, 6) is -0.883. The van der Waals surface area contributed by atoms with Crippen molar-refractivity contribution >= 4 is 28.2 Å². The highest BCUT2D eigenvalue weighted by atomic mass is 35.5. The first-order valence-electron chi connectivity index (χ1n) is 5.62. The third-order valence-electron chi connectivity index (χ3n) is 2.35. The molecule has 0 spiro atoms. The molecule has 0 saturated carbocycles. The molecule has 0 aliphatic carbocycles. The van der Waals surface area contributed by atoms with Crippen molar-refractivity contribution in [2.75, 3.05) is 25.1 Å². The largest absolute Gasteiger partial charge is 0.336 e. The fourth-order valence-corrected chi connectivity index (χ4v) is 2.20. The highest BCUT2D eigenvalue weighted by Crippen LogP contribution is 2.05. The summed E-state index contributed by atoms with van der Waals surface area (Å²) in [7, 11) is -3.31. The topological polar surface area (TPSA) is 80.5 Å². The number of rotatable bonds is 6. The van der Waals surface area contributed by atoms with Gasteiger partial charge in [-0.2, -0.15) is 0 Å².